The van der Waals surface area contributed by atoms with Crippen LogP contribution in [0.4, 0.5) is 0 Å². The van der Waals surface area contributed by atoms with Gasteiger partial charge in [-0.05, 0) is 45.0 Å². The van der Waals surface area contributed by atoms with Gasteiger partial charge in [0.05, 0.1) is 4.24 Å². The maximum atomic E-state index is 11.4. The van der Waals surface area contributed by atoms with E-state index in [-0.39, 0.29) is 5.78 Å². The van der Waals surface area contributed by atoms with E-state index >= 15 is 0 Å². The van der Waals surface area contributed by atoms with Crippen LogP contribution in [0.3, 0.4) is 0 Å². The van der Waals surface area contributed by atoms with E-state index in [0.29, 0.717) is 0 Å². The van der Waals surface area contributed by atoms with Crippen molar-refractivity contribution in [2.24, 2.45) is 0 Å². The lowest BCUT2D eigenvalue weighted by atomic mass is 10.2. The van der Waals surface area contributed by atoms with Crippen molar-refractivity contribution in [2.75, 3.05) is 0 Å². The zero-order valence-electron chi connectivity index (χ0n) is 12.4. The molecule has 0 spiro atoms. The van der Waals surface area contributed by atoms with Gasteiger partial charge in [-0.15, -0.1) is 0 Å². The first-order valence-electron chi connectivity index (χ1n) is 6.74. The van der Waals surface area contributed by atoms with Gasteiger partial charge in [0.2, 0.25) is 0 Å². The second-order valence-corrected chi connectivity index (χ2v) is 7.39. The van der Waals surface area contributed by atoms with Gasteiger partial charge in [0.1, 0.15) is 0 Å². The fourth-order valence-corrected chi connectivity index (χ4v) is 3.89. The van der Waals surface area contributed by atoms with Crippen molar-refractivity contribution < 1.29 is 4.79 Å². The molecule has 0 aromatic heterocycles. The predicted molar refractivity (Wildman–Crippen MR) is 92.8 cm³/mol. The number of carbonyl (C=O) groups excluding carboxylic acids is 1. The van der Waals surface area contributed by atoms with Crippen LogP contribution in [0.2, 0.25) is 0 Å². The lowest BCUT2D eigenvalue weighted by molar-refractivity contribution is -0.112. The lowest BCUT2D eigenvalue weighted by Crippen LogP contribution is -1.84. The molecule has 0 fully saturated rings. The fourth-order valence-electron chi connectivity index (χ4n) is 1.69. The molecule has 108 valence electrons. The molecular weight excluding hydrogens is 296 g/mol. The van der Waals surface area contributed by atoms with Crippen molar-refractivity contribution in [3.8, 4) is 0 Å². The van der Waals surface area contributed by atoms with E-state index in [1.807, 2.05) is 0 Å². The van der Waals surface area contributed by atoms with Crippen LogP contribution in [0.25, 0.3) is 0 Å². The Balaban J connectivity index is 2.16. The number of allylic oxidation sites excluding steroid dienone is 1. The number of hydrogen-bond acceptors (Lipinski definition) is 3. The molecule has 0 saturated carbocycles. The maximum Gasteiger partial charge on any atom is 0.154 e. The highest BCUT2D eigenvalue weighted by molar-refractivity contribution is 8.22. The van der Waals surface area contributed by atoms with Gasteiger partial charge in [-0.2, -0.15) is 0 Å². The van der Waals surface area contributed by atoms with Crippen LogP contribution in [0, 0.1) is 13.8 Å². The van der Waals surface area contributed by atoms with E-state index < -0.39 is 0 Å². The summed E-state index contributed by atoms with van der Waals surface area (Å²) in [6.45, 7) is 5.73. The number of aryl methyl sites for hydroxylation is 2. The van der Waals surface area contributed by atoms with Crippen molar-refractivity contribution in [3.63, 3.8) is 0 Å². The molecule has 2 rings (SSSR count). The maximum absolute atomic E-state index is 11.4. The summed E-state index contributed by atoms with van der Waals surface area (Å²) in [6.07, 6.45) is 1.70. The second kappa shape index (κ2) is 7.53. The monoisotopic (exact) mass is 314 g/mol. The Labute approximate surface area is 134 Å². The molecule has 0 radical (unpaired) electrons. The molecule has 1 nitrogen and oxygen atoms in total. The Kier molecular flexibility index (Phi) is 5.71. The molecule has 21 heavy (non-hydrogen) atoms. The van der Waals surface area contributed by atoms with Crippen molar-refractivity contribution in [1.82, 2.24) is 0 Å². The lowest BCUT2D eigenvalue weighted by Gasteiger charge is -2.07. The van der Waals surface area contributed by atoms with E-state index in [4.69, 9.17) is 0 Å². The first kappa shape index (κ1) is 15.9. The summed E-state index contributed by atoms with van der Waals surface area (Å²) in [5, 5.41) is 0. The van der Waals surface area contributed by atoms with Gasteiger partial charge in [-0.3, -0.25) is 4.79 Å². The number of hydrogen-bond donors (Lipinski definition) is 0. The molecule has 2 aromatic carbocycles. The van der Waals surface area contributed by atoms with Crippen LogP contribution in [-0.2, 0) is 4.79 Å². The number of carbonyl (C=O) groups is 1. The minimum absolute atomic E-state index is 0.0734. The summed E-state index contributed by atoms with van der Waals surface area (Å²) in [7, 11) is 0. The van der Waals surface area contributed by atoms with Crippen LogP contribution >= 0.6 is 23.5 Å². The normalized spacial score (nSPS) is 10.2. The van der Waals surface area contributed by atoms with Gasteiger partial charge < -0.3 is 0 Å². The highest BCUT2D eigenvalue weighted by Crippen LogP contribution is 2.39. The molecule has 0 unspecified atom stereocenters. The topological polar surface area (TPSA) is 17.1 Å². The standard InChI is InChI=1S/C18H18OS2/c1-13-4-8-16(9-5-13)20-18(12-15(3)19)21-17-10-6-14(2)7-11-17/h4-12H,1-3H3. The Morgan fingerprint density at radius 1 is 0.810 bits per heavy atom. The summed E-state index contributed by atoms with van der Waals surface area (Å²) in [4.78, 5) is 13.7. The molecule has 0 bridgehead atoms. The third kappa shape index (κ3) is 5.44. The van der Waals surface area contributed by atoms with Crippen LogP contribution in [0.5, 0.6) is 0 Å². The zero-order chi connectivity index (χ0) is 15.2. The highest BCUT2D eigenvalue weighted by atomic mass is 32.2. The van der Waals surface area contributed by atoms with E-state index in [2.05, 4.69) is 62.4 Å². The number of benzene rings is 2. The first-order valence-corrected chi connectivity index (χ1v) is 8.37. The molecule has 0 aliphatic carbocycles. The molecule has 0 aliphatic rings. The number of thioether (sulfide) groups is 2. The highest BCUT2D eigenvalue weighted by Gasteiger charge is 2.05. The third-order valence-corrected chi connectivity index (χ3v) is 4.95. The Morgan fingerprint density at radius 3 is 1.52 bits per heavy atom. The minimum atomic E-state index is 0.0734. The van der Waals surface area contributed by atoms with E-state index in [1.54, 1.807) is 36.5 Å². The SMILES string of the molecule is CC(=O)C=C(Sc1ccc(C)cc1)Sc1ccc(C)cc1. The molecule has 3 heteroatoms. The van der Waals surface area contributed by atoms with Gasteiger partial charge in [-0.1, -0.05) is 58.9 Å². The van der Waals surface area contributed by atoms with Gasteiger partial charge in [-0.25, -0.2) is 0 Å². The number of rotatable bonds is 5. The molecule has 0 atom stereocenters. The summed E-state index contributed by atoms with van der Waals surface area (Å²) in [5.41, 5.74) is 2.48. The summed E-state index contributed by atoms with van der Waals surface area (Å²) >= 11 is 3.26. The predicted octanol–water partition coefficient (Wildman–Crippen LogP) is 5.62. The number of ketones is 1. The molecule has 0 saturated heterocycles. The third-order valence-electron chi connectivity index (χ3n) is 2.80. The van der Waals surface area contributed by atoms with Crippen molar-refractivity contribution in [1.29, 1.82) is 0 Å². The largest absolute Gasteiger partial charge is 0.295 e. The van der Waals surface area contributed by atoms with Crippen molar-refractivity contribution in [2.45, 2.75) is 30.6 Å². The van der Waals surface area contributed by atoms with Gasteiger partial charge >= 0.3 is 0 Å². The molecule has 0 amide bonds. The summed E-state index contributed by atoms with van der Waals surface area (Å²) in [5.74, 6) is 0.0734. The van der Waals surface area contributed by atoms with Gasteiger partial charge in [0, 0.05) is 15.9 Å². The quantitative estimate of drug-likeness (QED) is 0.527. The van der Waals surface area contributed by atoms with Crippen LogP contribution < -0.4 is 0 Å². The Morgan fingerprint density at radius 2 is 1.19 bits per heavy atom. The minimum Gasteiger partial charge on any atom is -0.295 e. The van der Waals surface area contributed by atoms with Gasteiger partial charge in [0.25, 0.3) is 0 Å². The van der Waals surface area contributed by atoms with Gasteiger partial charge in [0.15, 0.2) is 5.78 Å². The van der Waals surface area contributed by atoms with Crippen molar-refractivity contribution >= 4 is 29.3 Å². The second-order valence-electron chi connectivity index (χ2n) is 4.90. The van der Waals surface area contributed by atoms with Crippen LogP contribution in [0.15, 0.2) is 68.6 Å². The van der Waals surface area contributed by atoms with E-state index in [9.17, 15) is 4.79 Å². The molecule has 2 aromatic rings. The molecule has 0 heterocycles. The average molecular weight is 314 g/mol. The summed E-state index contributed by atoms with van der Waals surface area (Å²) in [6, 6.07) is 16.7. The van der Waals surface area contributed by atoms with E-state index in [0.717, 1.165) is 14.0 Å². The van der Waals surface area contributed by atoms with Crippen molar-refractivity contribution in [3.05, 3.63) is 70.0 Å². The molecule has 0 aliphatic heterocycles. The summed E-state index contributed by atoms with van der Waals surface area (Å²) < 4.78 is 0.996. The fraction of sp³-hybridized carbons (Fsp3) is 0.167. The first-order chi connectivity index (χ1) is 10.0. The smallest absolute Gasteiger partial charge is 0.154 e. The molecular formula is C18H18OS2. The average Bonchev–Trinajstić information content (AvgIpc) is 2.43. The Bertz CT molecular complexity index is 590. The zero-order valence-corrected chi connectivity index (χ0v) is 14.1. The molecule has 0 N–H and O–H groups in total. The van der Waals surface area contributed by atoms with E-state index in [1.165, 1.54) is 11.1 Å². The van der Waals surface area contributed by atoms with Crippen LogP contribution in [-0.4, -0.2) is 5.78 Å². The van der Waals surface area contributed by atoms with Crippen LogP contribution in [0.1, 0.15) is 18.1 Å². The Hall–Kier alpha value is -1.45.